The molecule has 0 aromatic heterocycles. The number of ether oxygens (including phenoxy) is 2. The third kappa shape index (κ3) is 4.69. The number of hydrogen-bond donors (Lipinski definition) is 0. The molecular formula is C14H19BrO3. The van der Waals surface area contributed by atoms with Crippen molar-refractivity contribution in [1.82, 2.24) is 0 Å². The number of carbonyl (C=O) groups is 1. The molecular weight excluding hydrogens is 296 g/mol. The van der Waals surface area contributed by atoms with E-state index in [1.165, 1.54) is 0 Å². The number of unbranched alkanes of at least 4 members (excludes halogenated alkanes) is 1. The fourth-order valence-corrected chi connectivity index (χ4v) is 1.88. The van der Waals surface area contributed by atoms with Crippen LogP contribution in [0.15, 0.2) is 18.2 Å². The van der Waals surface area contributed by atoms with Gasteiger partial charge in [0.15, 0.2) is 17.8 Å². The summed E-state index contributed by atoms with van der Waals surface area (Å²) in [5.41, 5.74) is 0.529. The summed E-state index contributed by atoms with van der Waals surface area (Å²) in [6.45, 7) is 4.48. The zero-order valence-corrected chi connectivity index (χ0v) is 12.4. The number of hydrogen-bond acceptors (Lipinski definition) is 3. The van der Waals surface area contributed by atoms with E-state index in [1.807, 2.05) is 19.9 Å². The molecule has 0 spiro atoms. The Hall–Kier alpha value is -1.03. The molecule has 100 valence electrons. The van der Waals surface area contributed by atoms with Crippen LogP contribution in [0.25, 0.3) is 0 Å². The van der Waals surface area contributed by atoms with Crippen LogP contribution in [-0.4, -0.2) is 24.3 Å². The molecule has 0 N–H and O–H groups in total. The van der Waals surface area contributed by atoms with E-state index in [2.05, 4.69) is 15.9 Å². The van der Waals surface area contributed by atoms with E-state index in [-0.39, 0.29) is 6.10 Å². The number of rotatable bonds is 8. The van der Waals surface area contributed by atoms with Gasteiger partial charge in [-0.15, -0.1) is 0 Å². The minimum Gasteiger partial charge on any atom is -0.490 e. The van der Waals surface area contributed by atoms with Crippen LogP contribution in [0.1, 0.15) is 37.0 Å². The first kappa shape index (κ1) is 15.0. The highest BCUT2D eigenvalue weighted by atomic mass is 79.9. The Labute approximate surface area is 117 Å². The van der Waals surface area contributed by atoms with E-state index in [9.17, 15) is 4.79 Å². The van der Waals surface area contributed by atoms with Gasteiger partial charge in [-0.2, -0.15) is 0 Å². The standard InChI is InChI=1S/C14H19BrO3/c1-11(2)18-14-12(10-16)6-5-7-13(14)17-9-4-3-8-15/h5-7,10-11H,3-4,8-9H2,1-2H3. The van der Waals surface area contributed by atoms with E-state index < -0.39 is 0 Å². The molecule has 0 radical (unpaired) electrons. The molecule has 0 amide bonds. The molecule has 1 aromatic rings. The lowest BCUT2D eigenvalue weighted by molar-refractivity contribution is 0.111. The van der Waals surface area contributed by atoms with E-state index in [4.69, 9.17) is 9.47 Å². The summed E-state index contributed by atoms with van der Waals surface area (Å²) in [5, 5.41) is 0.972. The van der Waals surface area contributed by atoms with E-state index in [1.54, 1.807) is 12.1 Å². The number of aldehydes is 1. The molecule has 0 atom stereocenters. The van der Waals surface area contributed by atoms with Gasteiger partial charge in [-0.25, -0.2) is 0 Å². The van der Waals surface area contributed by atoms with Crippen molar-refractivity contribution in [3.8, 4) is 11.5 Å². The van der Waals surface area contributed by atoms with Gasteiger partial charge < -0.3 is 9.47 Å². The smallest absolute Gasteiger partial charge is 0.172 e. The van der Waals surface area contributed by atoms with Crippen LogP contribution in [0.2, 0.25) is 0 Å². The van der Waals surface area contributed by atoms with Crippen LogP contribution in [0, 0.1) is 0 Å². The van der Waals surface area contributed by atoms with Crippen molar-refractivity contribution in [3.63, 3.8) is 0 Å². The lowest BCUT2D eigenvalue weighted by atomic mass is 10.2. The van der Waals surface area contributed by atoms with Gasteiger partial charge in [0.05, 0.1) is 18.3 Å². The van der Waals surface area contributed by atoms with Crippen molar-refractivity contribution < 1.29 is 14.3 Å². The summed E-state index contributed by atoms with van der Waals surface area (Å²) >= 11 is 3.38. The number of para-hydroxylation sites is 1. The summed E-state index contributed by atoms with van der Waals surface area (Å²) in [6, 6.07) is 5.37. The second kappa shape index (κ2) is 8.14. The fraction of sp³-hybridized carbons (Fsp3) is 0.500. The van der Waals surface area contributed by atoms with Gasteiger partial charge in [-0.05, 0) is 38.8 Å². The Morgan fingerprint density at radius 3 is 2.72 bits per heavy atom. The number of carbonyl (C=O) groups excluding carboxylic acids is 1. The average Bonchev–Trinajstić information content (AvgIpc) is 2.35. The van der Waals surface area contributed by atoms with E-state index >= 15 is 0 Å². The van der Waals surface area contributed by atoms with Gasteiger partial charge in [0.2, 0.25) is 0 Å². The van der Waals surface area contributed by atoms with Crippen LogP contribution in [-0.2, 0) is 0 Å². The SMILES string of the molecule is CC(C)Oc1c(C=O)cccc1OCCCCBr. The van der Waals surface area contributed by atoms with E-state index in [0.29, 0.717) is 23.7 Å². The summed E-state index contributed by atoms with van der Waals surface area (Å²) in [6.07, 6.45) is 2.84. The molecule has 0 bridgehead atoms. The third-order valence-electron chi connectivity index (χ3n) is 2.28. The first-order chi connectivity index (χ1) is 8.69. The van der Waals surface area contributed by atoms with Crippen LogP contribution in [0.4, 0.5) is 0 Å². The molecule has 0 saturated heterocycles. The summed E-state index contributed by atoms with van der Waals surface area (Å²) in [7, 11) is 0. The lowest BCUT2D eigenvalue weighted by Gasteiger charge is -2.16. The maximum Gasteiger partial charge on any atom is 0.172 e. The normalized spacial score (nSPS) is 10.4. The molecule has 0 saturated carbocycles. The Morgan fingerprint density at radius 2 is 2.11 bits per heavy atom. The summed E-state index contributed by atoms with van der Waals surface area (Å²) in [4.78, 5) is 11.0. The molecule has 3 nitrogen and oxygen atoms in total. The second-order valence-electron chi connectivity index (χ2n) is 4.20. The maximum absolute atomic E-state index is 11.0. The molecule has 0 aliphatic rings. The van der Waals surface area contributed by atoms with Gasteiger partial charge in [-0.3, -0.25) is 4.79 Å². The van der Waals surface area contributed by atoms with Crippen molar-refractivity contribution >= 4 is 22.2 Å². The largest absolute Gasteiger partial charge is 0.490 e. The molecule has 0 unspecified atom stereocenters. The van der Waals surface area contributed by atoms with Crippen LogP contribution in [0.3, 0.4) is 0 Å². The predicted molar refractivity (Wildman–Crippen MR) is 76.1 cm³/mol. The first-order valence-corrected chi connectivity index (χ1v) is 7.24. The van der Waals surface area contributed by atoms with Crippen LogP contribution < -0.4 is 9.47 Å². The van der Waals surface area contributed by atoms with Crippen molar-refractivity contribution in [2.75, 3.05) is 11.9 Å². The van der Waals surface area contributed by atoms with Gasteiger partial charge in [-0.1, -0.05) is 22.0 Å². The van der Waals surface area contributed by atoms with E-state index in [0.717, 1.165) is 24.5 Å². The van der Waals surface area contributed by atoms with Gasteiger partial charge in [0.1, 0.15) is 0 Å². The summed E-state index contributed by atoms with van der Waals surface area (Å²) in [5.74, 6) is 1.18. The molecule has 0 heterocycles. The number of halogens is 1. The van der Waals surface area contributed by atoms with Crippen molar-refractivity contribution in [2.24, 2.45) is 0 Å². The Kier molecular flexibility index (Phi) is 6.80. The predicted octanol–water partition coefficient (Wildman–Crippen LogP) is 3.84. The van der Waals surface area contributed by atoms with Gasteiger partial charge in [0.25, 0.3) is 0 Å². The van der Waals surface area contributed by atoms with Crippen LogP contribution >= 0.6 is 15.9 Å². The summed E-state index contributed by atoms with van der Waals surface area (Å²) < 4.78 is 11.3. The molecule has 1 rings (SSSR count). The number of benzene rings is 1. The zero-order valence-electron chi connectivity index (χ0n) is 10.8. The quantitative estimate of drug-likeness (QED) is 0.415. The monoisotopic (exact) mass is 314 g/mol. The van der Waals surface area contributed by atoms with Crippen LogP contribution in [0.5, 0.6) is 11.5 Å². The maximum atomic E-state index is 11.0. The van der Waals surface area contributed by atoms with Crippen molar-refractivity contribution in [1.29, 1.82) is 0 Å². The Morgan fingerprint density at radius 1 is 1.33 bits per heavy atom. The molecule has 4 heteroatoms. The fourth-order valence-electron chi connectivity index (χ4n) is 1.48. The molecule has 1 aromatic carbocycles. The highest BCUT2D eigenvalue weighted by Gasteiger charge is 2.12. The molecule has 0 fully saturated rings. The zero-order chi connectivity index (χ0) is 13.4. The highest BCUT2D eigenvalue weighted by molar-refractivity contribution is 9.09. The number of alkyl halides is 1. The lowest BCUT2D eigenvalue weighted by Crippen LogP contribution is -2.09. The highest BCUT2D eigenvalue weighted by Crippen LogP contribution is 2.31. The van der Waals surface area contributed by atoms with Crippen molar-refractivity contribution in [3.05, 3.63) is 23.8 Å². The molecule has 18 heavy (non-hydrogen) atoms. The minimum atomic E-state index is 0.0102. The molecule has 0 aliphatic carbocycles. The average molecular weight is 315 g/mol. The molecule has 0 aliphatic heterocycles. The Balaban J connectivity index is 2.78. The minimum absolute atomic E-state index is 0.0102. The van der Waals surface area contributed by atoms with Crippen molar-refractivity contribution in [2.45, 2.75) is 32.8 Å². The third-order valence-corrected chi connectivity index (χ3v) is 2.84. The second-order valence-corrected chi connectivity index (χ2v) is 5.00. The Bertz CT molecular complexity index is 377. The van der Waals surface area contributed by atoms with Gasteiger partial charge >= 0.3 is 0 Å². The first-order valence-electron chi connectivity index (χ1n) is 6.12. The topological polar surface area (TPSA) is 35.5 Å². The van der Waals surface area contributed by atoms with Gasteiger partial charge in [0, 0.05) is 5.33 Å².